The minimum absolute atomic E-state index is 0. The van der Waals surface area contributed by atoms with Gasteiger partial charge in [0.25, 0.3) is 18.6 Å². The van der Waals surface area contributed by atoms with E-state index in [0.29, 0.717) is 40.0 Å². The number of benzene rings is 5. The average Bonchev–Trinajstić information content (AvgIpc) is 1.43. The van der Waals surface area contributed by atoms with Gasteiger partial charge in [-0.05, 0) is 119 Å². The van der Waals surface area contributed by atoms with Crippen molar-refractivity contribution in [1.29, 1.82) is 0 Å². The Balaban J connectivity index is 0.000000760. The van der Waals surface area contributed by atoms with Crippen molar-refractivity contribution < 1.29 is 137 Å². The van der Waals surface area contributed by atoms with E-state index in [1.54, 1.807) is 45.9 Å². The lowest BCUT2D eigenvalue weighted by molar-refractivity contribution is -0.147. The fourth-order valence-electron chi connectivity index (χ4n) is 9.66. The summed E-state index contributed by atoms with van der Waals surface area (Å²) in [5, 5.41) is 72.5. The van der Waals surface area contributed by atoms with Crippen LogP contribution in [0.3, 0.4) is 0 Å². The lowest BCUT2D eigenvalue weighted by Gasteiger charge is -2.22. The molecule has 5 unspecified atom stereocenters. The molecule has 9 rings (SSSR count). The molecule has 722 valence electrons. The number of carbonyl (C=O) groups is 4. The van der Waals surface area contributed by atoms with E-state index in [-0.39, 0.29) is 49.3 Å². The largest absolute Gasteiger partial charge is 0.507 e. The third kappa shape index (κ3) is 44.3. The molecule has 0 aliphatic carbocycles. The predicted octanol–water partition coefficient (Wildman–Crippen LogP) is 12.2. The Morgan fingerprint density at radius 1 is 0.500 bits per heavy atom. The van der Waals surface area contributed by atoms with Gasteiger partial charge in [0.1, 0.15) is 84.7 Å². The number of ether oxygens (including phenoxy) is 6. The van der Waals surface area contributed by atoms with Crippen LogP contribution >= 0.6 is 113 Å². The van der Waals surface area contributed by atoms with Gasteiger partial charge < -0.3 is 78.4 Å². The summed E-state index contributed by atoms with van der Waals surface area (Å²) in [4.78, 5) is 94.6. The molecule has 38 nitrogen and oxygen atoms in total. The van der Waals surface area contributed by atoms with Gasteiger partial charge in [-0.1, -0.05) is 128 Å². The number of halogens is 12. The summed E-state index contributed by atoms with van der Waals surface area (Å²) < 4.78 is 169. The highest BCUT2D eigenvalue weighted by Gasteiger charge is 2.47. The molecular formula is C73H103Cl7F5N10O28P5. The van der Waals surface area contributed by atoms with Crippen LogP contribution in [0.2, 0.25) is 0 Å². The van der Waals surface area contributed by atoms with Gasteiger partial charge in [0.15, 0.2) is 12.5 Å². The van der Waals surface area contributed by atoms with E-state index in [1.807, 2.05) is 118 Å². The van der Waals surface area contributed by atoms with E-state index in [4.69, 9.17) is 82.0 Å². The summed E-state index contributed by atoms with van der Waals surface area (Å²) in [6.45, 7) is 21.8. The second-order valence-electron chi connectivity index (χ2n) is 29.2. The zero-order chi connectivity index (χ0) is 97.3. The number of aliphatic hydroxyl groups excluding tert-OH is 5. The maximum Gasteiger partial charge on any atom is 0.428 e. The van der Waals surface area contributed by atoms with Crippen molar-refractivity contribution in [1.82, 2.24) is 44.8 Å². The zero-order valence-electron chi connectivity index (χ0n) is 71.1. The Kier molecular flexibility index (Phi) is 52.1. The SMILES string of the molecule is CC(C)COC(=O)[C@H](C)N.CC(C)COC(=O)[C@H](C)NP(C)(=O)Cl.CC(C)COC(=O)[C@H](C)NP(C)(=O)OC[C@H]1O[C@@H](n2ncc(=O)[nH]c2=O)[C@@H](O)C1O.CC(C)COC(=O)[C@H](C)NP(C)(=O)Oc1c(F)c(F)c(F)c(F)c1F.Cl.O=P(Cl)(Cl)Cl.O=P(Cl)(Cl)Oc1cccc2ccccc12.O=c1cnn([C@@H]2O[C@H](CO)C(O)[C@@H]2O)c(=O)[nH]1.Oc1cccc2ccccc12. The van der Waals surface area contributed by atoms with Crippen LogP contribution in [-0.4, -0.2) is 204 Å². The fraction of sp³-hybridized carbons (Fsp3) is 0.507. The number of nitrogens with one attached hydrogen (secondary N) is 5. The van der Waals surface area contributed by atoms with Gasteiger partial charge in [0.05, 0.1) is 39.6 Å². The first kappa shape index (κ1) is 119. The van der Waals surface area contributed by atoms with Crippen molar-refractivity contribution in [3.05, 3.63) is 168 Å². The first-order valence-corrected chi connectivity index (χ1v) is 52.6. The number of H-pyrrole nitrogens is 2. The maximum atomic E-state index is 13.6. The molecule has 2 aliphatic heterocycles. The Hall–Kier alpha value is -6.53. The van der Waals surface area contributed by atoms with Crippen LogP contribution in [-0.2, 0) is 74.9 Å². The van der Waals surface area contributed by atoms with Crippen molar-refractivity contribution in [2.75, 3.05) is 59.6 Å². The molecule has 15 atom stereocenters. The molecule has 0 bridgehead atoms. The number of phenolic OH excluding ortho intramolecular Hbond substituents is 1. The van der Waals surface area contributed by atoms with Gasteiger partial charge in [0.2, 0.25) is 41.5 Å². The summed E-state index contributed by atoms with van der Waals surface area (Å²) in [6, 6.07) is 23.0. The Bertz CT molecular complexity index is 5210. The minimum atomic E-state index is -4.17. The number of hydrogen-bond acceptors (Lipinski definition) is 31. The number of phenols is 1. The Morgan fingerprint density at radius 3 is 1.21 bits per heavy atom. The first-order valence-electron chi connectivity index (χ1n) is 37.6. The highest BCUT2D eigenvalue weighted by molar-refractivity contribution is 8.24. The van der Waals surface area contributed by atoms with Crippen LogP contribution in [0.15, 0.2) is 117 Å². The molecule has 2 aliphatic rings. The number of fused-ring (bicyclic) bond motifs is 2. The summed E-state index contributed by atoms with van der Waals surface area (Å²) in [6.07, 6.45) is -12.4. The monoisotopic (exact) mass is 2060 g/mol. The zero-order valence-corrected chi connectivity index (χ0v) is 80.9. The smallest absolute Gasteiger partial charge is 0.428 e. The molecule has 0 saturated carbocycles. The number of hydrogen-bond donors (Lipinski definition) is 12. The van der Waals surface area contributed by atoms with Crippen LogP contribution in [0.5, 0.6) is 17.2 Å². The van der Waals surface area contributed by atoms with Crippen LogP contribution in [0, 0.1) is 52.8 Å². The number of aromatic nitrogens is 6. The van der Waals surface area contributed by atoms with E-state index < -0.39 is 195 Å². The van der Waals surface area contributed by atoms with Gasteiger partial charge in [-0.15, -0.1) is 12.4 Å². The number of aromatic hydroxyl groups is 1. The van der Waals surface area contributed by atoms with Gasteiger partial charge in [0, 0.05) is 53.2 Å². The molecule has 7 aromatic rings. The number of aliphatic hydroxyl groups is 5. The van der Waals surface area contributed by atoms with Crippen LogP contribution < -0.4 is 52.5 Å². The van der Waals surface area contributed by atoms with Crippen molar-refractivity contribution >= 4 is 158 Å². The molecule has 2 fully saturated rings. The topological polar surface area (TPSA) is 556 Å². The molecule has 128 heavy (non-hydrogen) atoms. The van der Waals surface area contributed by atoms with E-state index in [0.717, 1.165) is 40.6 Å². The molecule has 0 amide bonds. The standard InChI is InChI=1S/C16H27N4O9P.C14H17F5NO4P.C10H7Cl2O2P.C10H8O.C8H17ClNO3P.C8H11N3O6.C7H15NO2.Cl3OP.ClH/c1-8(2)6-27-15(24)9(3)19-30(4,26)28-7-10-12(22)13(23)14(29-10)20-16(25)18-11(21)5-17-20;1-6(2)5-23-14(21)7(3)20-25(4,22)24-13-11(18)9(16)8(15)10(17)12(13)19;11-15(12,13)14-10-7-3-5-8-4-1-2-6-9(8)10;11-10-7-3-5-8-4-1-2-6-9(8)10;1-6(2)5-13-8(11)7(3)10-14(4,9)12;12-2-3-5(14)6(15)7(17-3)11-8(16)10-4(13)1-9-11;1-5(2)4-10-7(9)6(3)8;1-5(2,3)4;/h5,8-10,12-14,22-23H,6-7H2,1-4H3,(H,19,26)(H,18,21,25);6-7H,5H2,1-4H3,(H,20,22);1-7H;1-7,11H;6-7H,5H2,1-4H3,(H,10,12);1,3,5-7,12,14-15H,2H2,(H,10,13,16);5-6H,4,8H2,1-3H3;;1H/t9-,10+,12?,13-,14+,30?;7-,25?;;;7-,14?;3-,5?,6+,7-;6-;;/m00..010../s1. The van der Waals surface area contributed by atoms with Crippen molar-refractivity contribution in [3.8, 4) is 17.2 Å². The number of carbonyl (C=O) groups excluding carboxylic acids is 4. The Labute approximate surface area is 765 Å². The van der Waals surface area contributed by atoms with Gasteiger partial charge in [-0.2, -0.15) is 28.3 Å². The number of rotatable bonds is 28. The quantitative estimate of drug-likeness (QED) is 0.00541. The van der Waals surface area contributed by atoms with Crippen LogP contribution in [0.4, 0.5) is 22.0 Å². The second kappa shape index (κ2) is 55.8. The van der Waals surface area contributed by atoms with E-state index in [1.165, 1.54) is 27.2 Å². The molecule has 4 heterocycles. The first-order chi connectivity index (χ1) is 58.5. The lowest BCUT2D eigenvalue weighted by Crippen LogP contribution is -2.39. The molecule has 13 N–H and O–H groups in total. The van der Waals surface area contributed by atoms with Gasteiger partial charge in [-0.3, -0.25) is 57.0 Å². The van der Waals surface area contributed by atoms with Crippen molar-refractivity contribution in [2.45, 2.75) is 156 Å². The second-order valence-corrected chi connectivity index (χ2v) is 48.2. The minimum Gasteiger partial charge on any atom is -0.507 e. The van der Waals surface area contributed by atoms with E-state index in [9.17, 15) is 109 Å². The van der Waals surface area contributed by atoms with E-state index in [2.05, 4.69) is 63.7 Å². The molecule has 55 heteroatoms. The molecule has 5 aromatic carbocycles. The molecule has 2 saturated heterocycles. The van der Waals surface area contributed by atoms with Crippen LogP contribution in [0.25, 0.3) is 21.5 Å². The summed E-state index contributed by atoms with van der Waals surface area (Å²) >= 11 is 30.1. The molecule has 0 spiro atoms. The summed E-state index contributed by atoms with van der Waals surface area (Å²) in [5.74, 6) is -13.6. The normalized spacial score (nSPS) is 19.3. The summed E-state index contributed by atoms with van der Waals surface area (Å²) in [7, 11) is -7.68. The fourth-order valence-corrected chi connectivity index (χ4v) is 14.4. The maximum absolute atomic E-state index is 13.6. The lowest BCUT2D eigenvalue weighted by atomic mass is 10.1. The van der Waals surface area contributed by atoms with Crippen LogP contribution in [0.1, 0.15) is 95.5 Å². The number of esters is 4. The van der Waals surface area contributed by atoms with Crippen molar-refractivity contribution in [2.24, 2.45) is 29.4 Å². The molecule has 0 radical (unpaired) electrons. The van der Waals surface area contributed by atoms with Crippen molar-refractivity contribution in [3.63, 3.8) is 0 Å². The average molecular weight is 2070 g/mol. The number of nitrogens with two attached hydrogens (primary N) is 1. The molecular weight excluding hydrogens is 1960 g/mol. The third-order valence-corrected chi connectivity index (χ3v) is 20.3. The predicted molar refractivity (Wildman–Crippen MR) is 473 cm³/mol. The number of aromatic amines is 2. The highest BCUT2D eigenvalue weighted by Crippen LogP contribution is 2.61. The third-order valence-electron chi connectivity index (χ3n) is 15.4. The highest BCUT2D eigenvalue weighted by atomic mass is 36.0. The number of nitrogens with zero attached hydrogens (tertiary/aromatic N) is 4. The summed E-state index contributed by atoms with van der Waals surface area (Å²) in [5.41, 5.74) is 2.03. The van der Waals surface area contributed by atoms with Gasteiger partial charge in [-0.25, -0.2) is 42.6 Å². The molecule has 2 aromatic heterocycles. The van der Waals surface area contributed by atoms with E-state index >= 15 is 0 Å². The van der Waals surface area contributed by atoms with Gasteiger partial charge >= 0.3 is 54.1 Å². The Morgan fingerprint density at radius 2 is 0.844 bits per heavy atom.